The molecule has 1 aliphatic carbocycles. The van der Waals surface area contributed by atoms with Crippen molar-refractivity contribution in [3.05, 3.63) is 35.4 Å². The van der Waals surface area contributed by atoms with Crippen molar-refractivity contribution in [1.82, 2.24) is 10.6 Å². The molecule has 0 radical (unpaired) electrons. The predicted molar refractivity (Wildman–Crippen MR) is 107 cm³/mol. The molecule has 1 fully saturated rings. The highest BCUT2D eigenvalue weighted by Crippen LogP contribution is 2.18. The van der Waals surface area contributed by atoms with Crippen molar-refractivity contribution in [2.24, 2.45) is 4.99 Å². The minimum atomic E-state index is -0.111. The van der Waals surface area contributed by atoms with Gasteiger partial charge in [0.15, 0.2) is 5.96 Å². The van der Waals surface area contributed by atoms with Gasteiger partial charge in [-0.1, -0.05) is 24.3 Å². The van der Waals surface area contributed by atoms with Gasteiger partial charge in [0.25, 0.3) is 0 Å². The van der Waals surface area contributed by atoms with Gasteiger partial charge in [-0.25, -0.2) is 4.99 Å². The van der Waals surface area contributed by atoms with Crippen molar-refractivity contribution in [3.63, 3.8) is 0 Å². The number of hydrogen-bond donors (Lipinski definition) is 2. The van der Waals surface area contributed by atoms with Gasteiger partial charge in [-0.2, -0.15) is 0 Å². The van der Waals surface area contributed by atoms with Crippen LogP contribution in [0.2, 0.25) is 0 Å². The average Bonchev–Trinajstić information content (AvgIpc) is 3.27. The largest absolute Gasteiger partial charge is 0.371 e. The molecule has 0 heterocycles. The molecule has 0 bridgehead atoms. The van der Waals surface area contributed by atoms with Gasteiger partial charge in [-0.3, -0.25) is 0 Å². The lowest BCUT2D eigenvalue weighted by Crippen LogP contribution is -2.38. The molecule has 1 aromatic carbocycles. The van der Waals surface area contributed by atoms with E-state index >= 15 is 0 Å². The van der Waals surface area contributed by atoms with E-state index in [1.54, 1.807) is 0 Å². The first kappa shape index (κ1) is 20.2. The normalized spacial score (nSPS) is 15.0. The fraction of sp³-hybridized carbons (Fsp3) is 0.611. The topological polar surface area (TPSA) is 45.7 Å². The Kier molecular flexibility index (Phi) is 8.33. The van der Waals surface area contributed by atoms with Gasteiger partial charge in [0.2, 0.25) is 0 Å². The van der Waals surface area contributed by atoms with E-state index in [-0.39, 0.29) is 29.6 Å². The maximum absolute atomic E-state index is 5.83. The number of nitrogens with one attached hydrogen (secondary N) is 2. The molecule has 0 spiro atoms. The Morgan fingerprint density at radius 2 is 1.96 bits per heavy atom. The lowest BCUT2D eigenvalue weighted by atomic mass is 10.1. The lowest BCUT2D eigenvalue weighted by molar-refractivity contribution is -0.0149. The summed E-state index contributed by atoms with van der Waals surface area (Å²) in [4.78, 5) is 4.67. The van der Waals surface area contributed by atoms with Crippen LogP contribution in [-0.4, -0.2) is 24.1 Å². The maximum atomic E-state index is 5.83. The third-order valence-electron chi connectivity index (χ3n) is 3.35. The fourth-order valence-corrected chi connectivity index (χ4v) is 2.03. The first-order valence-electron chi connectivity index (χ1n) is 8.23. The Bertz CT molecular complexity index is 507. The molecule has 0 saturated heterocycles. The molecular formula is C18H30IN3O. The number of aliphatic imine (C=N–C) groups is 1. The van der Waals surface area contributed by atoms with Crippen LogP contribution in [0.3, 0.4) is 0 Å². The lowest BCUT2D eigenvalue weighted by Gasteiger charge is -2.19. The van der Waals surface area contributed by atoms with Crippen molar-refractivity contribution in [2.45, 2.75) is 65.3 Å². The summed E-state index contributed by atoms with van der Waals surface area (Å²) in [5, 5.41) is 6.73. The highest BCUT2D eigenvalue weighted by atomic mass is 127. The number of ether oxygens (including phenoxy) is 1. The number of halogens is 1. The van der Waals surface area contributed by atoms with Crippen LogP contribution in [0, 0.1) is 0 Å². The van der Waals surface area contributed by atoms with Gasteiger partial charge in [-0.05, 0) is 51.7 Å². The van der Waals surface area contributed by atoms with Crippen LogP contribution in [0.1, 0.15) is 51.7 Å². The molecular weight excluding hydrogens is 401 g/mol. The fourth-order valence-electron chi connectivity index (χ4n) is 2.03. The summed E-state index contributed by atoms with van der Waals surface area (Å²) in [5.41, 5.74) is 2.30. The monoisotopic (exact) mass is 431 g/mol. The first-order valence-corrected chi connectivity index (χ1v) is 8.23. The highest BCUT2D eigenvalue weighted by Gasteiger charge is 2.22. The Morgan fingerprint density at radius 1 is 1.26 bits per heavy atom. The van der Waals surface area contributed by atoms with Gasteiger partial charge in [0.1, 0.15) is 0 Å². The highest BCUT2D eigenvalue weighted by molar-refractivity contribution is 14.0. The van der Waals surface area contributed by atoms with Gasteiger partial charge in [0.05, 0.1) is 18.8 Å². The Hall–Kier alpha value is -0.820. The van der Waals surface area contributed by atoms with Gasteiger partial charge >= 0.3 is 0 Å². The quantitative estimate of drug-likeness (QED) is 0.409. The van der Waals surface area contributed by atoms with Gasteiger partial charge in [-0.15, -0.1) is 24.0 Å². The molecule has 0 amide bonds. The van der Waals surface area contributed by atoms with Crippen LogP contribution in [0.4, 0.5) is 0 Å². The van der Waals surface area contributed by atoms with Crippen molar-refractivity contribution < 1.29 is 4.74 Å². The molecule has 130 valence electrons. The molecule has 5 heteroatoms. The number of nitrogens with zero attached hydrogens (tertiary/aromatic N) is 1. The summed E-state index contributed by atoms with van der Waals surface area (Å²) in [6, 6.07) is 9.09. The maximum Gasteiger partial charge on any atom is 0.191 e. The SMILES string of the molecule is CCNC(=NCc1cccc(COC(C)(C)C)c1)NC1CC1.I. The van der Waals surface area contributed by atoms with Crippen LogP contribution in [-0.2, 0) is 17.9 Å². The summed E-state index contributed by atoms with van der Waals surface area (Å²) in [6.07, 6.45) is 2.51. The molecule has 1 aromatic rings. The summed E-state index contributed by atoms with van der Waals surface area (Å²) in [7, 11) is 0. The predicted octanol–water partition coefficient (Wildman–Crippen LogP) is 3.84. The second kappa shape index (κ2) is 9.47. The average molecular weight is 431 g/mol. The standard InChI is InChI=1S/C18H29N3O.HI/c1-5-19-17(21-16-9-10-16)20-12-14-7-6-8-15(11-14)13-22-18(2,3)4;/h6-8,11,16H,5,9-10,12-13H2,1-4H3,(H2,19,20,21);1H. The van der Waals surface area contributed by atoms with E-state index in [4.69, 9.17) is 4.74 Å². The molecule has 1 aliphatic rings. The number of rotatable bonds is 6. The first-order chi connectivity index (χ1) is 10.5. The van der Waals surface area contributed by atoms with Crippen molar-refractivity contribution >= 4 is 29.9 Å². The van der Waals surface area contributed by atoms with Crippen LogP contribution >= 0.6 is 24.0 Å². The molecule has 2 rings (SSSR count). The molecule has 2 N–H and O–H groups in total. The third-order valence-corrected chi connectivity index (χ3v) is 3.35. The van der Waals surface area contributed by atoms with Crippen LogP contribution in [0.5, 0.6) is 0 Å². The minimum Gasteiger partial charge on any atom is -0.371 e. The van der Waals surface area contributed by atoms with Crippen LogP contribution < -0.4 is 10.6 Å². The second-order valence-corrected chi connectivity index (χ2v) is 6.83. The van der Waals surface area contributed by atoms with Crippen LogP contribution in [0.15, 0.2) is 29.3 Å². The van der Waals surface area contributed by atoms with E-state index in [0.29, 0.717) is 19.2 Å². The summed E-state index contributed by atoms with van der Waals surface area (Å²) in [5.74, 6) is 0.918. The Labute approximate surface area is 157 Å². The van der Waals surface area contributed by atoms with Crippen molar-refractivity contribution in [1.29, 1.82) is 0 Å². The number of hydrogen-bond acceptors (Lipinski definition) is 2. The third kappa shape index (κ3) is 8.55. The molecule has 0 atom stereocenters. The van der Waals surface area contributed by atoms with E-state index < -0.39 is 0 Å². The number of benzene rings is 1. The van der Waals surface area contributed by atoms with Crippen molar-refractivity contribution in [3.8, 4) is 0 Å². The molecule has 0 aromatic heterocycles. The zero-order chi connectivity index (χ0) is 16.0. The van der Waals surface area contributed by atoms with Gasteiger partial charge in [0, 0.05) is 12.6 Å². The van der Waals surface area contributed by atoms with E-state index in [1.165, 1.54) is 24.0 Å². The minimum absolute atomic E-state index is 0. The molecule has 1 saturated carbocycles. The summed E-state index contributed by atoms with van der Waals surface area (Å²) < 4.78 is 5.83. The smallest absolute Gasteiger partial charge is 0.191 e. The molecule has 0 unspecified atom stereocenters. The molecule has 0 aliphatic heterocycles. The Balaban J connectivity index is 0.00000264. The van der Waals surface area contributed by atoms with E-state index in [9.17, 15) is 0 Å². The summed E-state index contributed by atoms with van der Waals surface area (Å²) in [6.45, 7) is 10.5. The molecule has 23 heavy (non-hydrogen) atoms. The van der Waals surface area contributed by atoms with E-state index in [2.05, 4.69) is 67.6 Å². The Morgan fingerprint density at radius 3 is 2.57 bits per heavy atom. The second-order valence-electron chi connectivity index (χ2n) is 6.83. The zero-order valence-corrected chi connectivity index (χ0v) is 17.0. The van der Waals surface area contributed by atoms with E-state index in [1.807, 2.05) is 0 Å². The molecule has 4 nitrogen and oxygen atoms in total. The van der Waals surface area contributed by atoms with Crippen molar-refractivity contribution in [2.75, 3.05) is 6.54 Å². The van der Waals surface area contributed by atoms with Crippen LogP contribution in [0.25, 0.3) is 0 Å². The number of guanidine groups is 1. The zero-order valence-electron chi connectivity index (χ0n) is 14.7. The van der Waals surface area contributed by atoms with Gasteiger partial charge < -0.3 is 15.4 Å². The van der Waals surface area contributed by atoms with E-state index in [0.717, 1.165) is 12.5 Å². The summed E-state index contributed by atoms with van der Waals surface area (Å²) >= 11 is 0.